The van der Waals surface area contributed by atoms with Gasteiger partial charge >= 0.3 is 0 Å². The molecule has 0 saturated heterocycles. The predicted octanol–water partition coefficient (Wildman–Crippen LogP) is 2.72. The lowest BCUT2D eigenvalue weighted by atomic mass is 10.1. The minimum Gasteiger partial charge on any atom is -0.365 e. The number of benzene rings is 2. The smallest absolute Gasteiger partial charge is 0.275 e. The van der Waals surface area contributed by atoms with Gasteiger partial charge in [0.05, 0.1) is 23.0 Å². The van der Waals surface area contributed by atoms with Crippen LogP contribution in [0.1, 0.15) is 18.4 Å². The lowest BCUT2D eigenvalue weighted by Gasteiger charge is -2.39. The van der Waals surface area contributed by atoms with E-state index in [1.54, 1.807) is 12.3 Å². The third-order valence-electron chi connectivity index (χ3n) is 5.69. The summed E-state index contributed by atoms with van der Waals surface area (Å²) in [4.78, 5) is 30.1. The molecule has 2 aliphatic rings. The van der Waals surface area contributed by atoms with Gasteiger partial charge in [-0.25, -0.2) is 4.68 Å². The number of rotatable bonds is 3. The Morgan fingerprint density at radius 1 is 1.11 bits per heavy atom. The second-order valence-corrected chi connectivity index (χ2v) is 7.61. The standard InChI is InChI=1S/C22H22N4O2/c1-15-5-4-8-19-21(15)24(17-9-10-17)11-12-25(19)20(27)14-26-22(28)18-7-3-2-6-16(18)13-23-26/h2-8,13,17H,9-12,14H2,1H3. The fraction of sp³-hybridized carbons (Fsp3) is 0.318. The highest BCUT2D eigenvalue weighted by atomic mass is 16.2. The number of amides is 1. The minimum atomic E-state index is -0.229. The summed E-state index contributed by atoms with van der Waals surface area (Å²) in [5, 5.41) is 5.58. The number of para-hydroxylation sites is 1. The molecule has 2 aromatic carbocycles. The quantitative estimate of drug-likeness (QED) is 0.707. The van der Waals surface area contributed by atoms with Gasteiger partial charge in [-0.05, 0) is 37.5 Å². The molecule has 1 saturated carbocycles. The second kappa shape index (κ2) is 6.48. The number of hydrogen-bond acceptors (Lipinski definition) is 4. The Kier molecular flexibility index (Phi) is 3.93. The first-order chi connectivity index (χ1) is 13.6. The summed E-state index contributed by atoms with van der Waals surface area (Å²) in [6, 6.07) is 14.0. The average molecular weight is 374 g/mol. The summed E-state index contributed by atoms with van der Waals surface area (Å²) in [6.07, 6.45) is 4.09. The number of fused-ring (bicyclic) bond motifs is 2. The van der Waals surface area contributed by atoms with Crippen LogP contribution in [-0.2, 0) is 11.3 Å². The zero-order valence-electron chi connectivity index (χ0n) is 15.8. The van der Waals surface area contributed by atoms with Crippen LogP contribution in [0, 0.1) is 6.92 Å². The number of carbonyl (C=O) groups excluding carboxylic acids is 1. The zero-order chi connectivity index (χ0) is 19.3. The molecular formula is C22H22N4O2. The van der Waals surface area contributed by atoms with E-state index in [0.29, 0.717) is 18.0 Å². The van der Waals surface area contributed by atoms with Gasteiger partial charge in [-0.1, -0.05) is 30.3 Å². The number of carbonyl (C=O) groups is 1. The van der Waals surface area contributed by atoms with Crippen LogP contribution in [0.2, 0.25) is 0 Å². The normalized spacial score (nSPS) is 16.3. The average Bonchev–Trinajstić information content (AvgIpc) is 3.55. The van der Waals surface area contributed by atoms with Gasteiger partial charge in [-0.15, -0.1) is 0 Å². The SMILES string of the molecule is Cc1cccc2c1N(C1CC1)CCN2C(=O)Cn1ncc2ccccc2c1=O. The van der Waals surface area contributed by atoms with Gasteiger partial charge in [0.15, 0.2) is 0 Å². The minimum absolute atomic E-state index is 0.0551. The summed E-state index contributed by atoms with van der Waals surface area (Å²) in [6.45, 7) is 3.50. The third kappa shape index (κ3) is 2.76. The van der Waals surface area contributed by atoms with E-state index in [1.807, 2.05) is 35.2 Å². The predicted molar refractivity (Wildman–Crippen MR) is 110 cm³/mol. The topological polar surface area (TPSA) is 58.4 Å². The molecule has 0 atom stereocenters. The highest BCUT2D eigenvalue weighted by molar-refractivity contribution is 5.98. The van der Waals surface area contributed by atoms with Crippen molar-refractivity contribution in [1.29, 1.82) is 0 Å². The first kappa shape index (κ1) is 17.0. The van der Waals surface area contributed by atoms with E-state index in [4.69, 9.17) is 0 Å². The largest absolute Gasteiger partial charge is 0.365 e. The molecule has 0 radical (unpaired) electrons. The summed E-state index contributed by atoms with van der Waals surface area (Å²) < 4.78 is 1.27. The molecule has 0 spiro atoms. The number of hydrogen-bond donors (Lipinski definition) is 0. The van der Waals surface area contributed by atoms with Gasteiger partial charge in [0.25, 0.3) is 5.56 Å². The maximum atomic E-state index is 13.1. The van der Waals surface area contributed by atoms with E-state index in [1.165, 1.54) is 23.1 Å². The van der Waals surface area contributed by atoms with Gasteiger partial charge in [0, 0.05) is 24.5 Å². The Balaban J connectivity index is 1.48. The molecule has 6 heteroatoms. The highest BCUT2D eigenvalue weighted by Gasteiger charge is 2.36. The van der Waals surface area contributed by atoms with Crippen LogP contribution in [0.3, 0.4) is 0 Å². The maximum Gasteiger partial charge on any atom is 0.275 e. The van der Waals surface area contributed by atoms with Crippen LogP contribution < -0.4 is 15.4 Å². The van der Waals surface area contributed by atoms with Crippen molar-refractivity contribution in [3.63, 3.8) is 0 Å². The van der Waals surface area contributed by atoms with E-state index in [0.717, 1.165) is 23.3 Å². The van der Waals surface area contributed by atoms with Crippen LogP contribution in [0.5, 0.6) is 0 Å². The fourth-order valence-electron chi connectivity index (χ4n) is 4.14. The number of aryl methyl sites for hydroxylation is 1. The van der Waals surface area contributed by atoms with Crippen LogP contribution in [0.25, 0.3) is 10.8 Å². The molecule has 2 heterocycles. The first-order valence-corrected chi connectivity index (χ1v) is 9.75. The molecule has 0 N–H and O–H groups in total. The van der Waals surface area contributed by atoms with Crippen LogP contribution >= 0.6 is 0 Å². The van der Waals surface area contributed by atoms with Crippen molar-refractivity contribution in [3.05, 3.63) is 64.6 Å². The van der Waals surface area contributed by atoms with Crippen molar-refractivity contribution in [2.24, 2.45) is 0 Å². The molecule has 1 aliphatic heterocycles. The van der Waals surface area contributed by atoms with Crippen molar-refractivity contribution in [2.75, 3.05) is 22.9 Å². The molecule has 0 unspecified atom stereocenters. The third-order valence-corrected chi connectivity index (χ3v) is 5.69. The molecule has 142 valence electrons. The molecule has 3 aromatic rings. The zero-order valence-corrected chi connectivity index (χ0v) is 15.8. The molecular weight excluding hydrogens is 352 g/mol. The molecule has 1 aliphatic carbocycles. The maximum absolute atomic E-state index is 13.1. The van der Waals surface area contributed by atoms with Crippen LogP contribution in [0.15, 0.2) is 53.5 Å². The molecule has 1 fully saturated rings. The fourth-order valence-corrected chi connectivity index (χ4v) is 4.14. The van der Waals surface area contributed by atoms with Crippen molar-refractivity contribution < 1.29 is 4.79 Å². The number of nitrogens with zero attached hydrogens (tertiary/aromatic N) is 4. The van der Waals surface area contributed by atoms with Gasteiger partial charge in [-0.2, -0.15) is 5.10 Å². The monoisotopic (exact) mass is 374 g/mol. The van der Waals surface area contributed by atoms with E-state index in [9.17, 15) is 9.59 Å². The summed E-state index contributed by atoms with van der Waals surface area (Å²) in [5.41, 5.74) is 3.05. The molecule has 0 bridgehead atoms. The van der Waals surface area contributed by atoms with Gasteiger partial charge < -0.3 is 9.80 Å². The summed E-state index contributed by atoms with van der Waals surface area (Å²) in [5.74, 6) is -0.104. The molecule has 5 rings (SSSR count). The van der Waals surface area contributed by atoms with E-state index >= 15 is 0 Å². The van der Waals surface area contributed by atoms with Gasteiger partial charge in [-0.3, -0.25) is 9.59 Å². The van der Waals surface area contributed by atoms with Crippen molar-refractivity contribution in [3.8, 4) is 0 Å². The Hall–Kier alpha value is -3.15. The molecule has 1 amide bonds. The van der Waals surface area contributed by atoms with Crippen molar-refractivity contribution in [1.82, 2.24) is 9.78 Å². The van der Waals surface area contributed by atoms with Gasteiger partial charge in [0.1, 0.15) is 6.54 Å². The van der Waals surface area contributed by atoms with Gasteiger partial charge in [0.2, 0.25) is 5.91 Å². The Labute approximate surface area is 163 Å². The second-order valence-electron chi connectivity index (χ2n) is 7.61. The van der Waals surface area contributed by atoms with E-state index in [-0.39, 0.29) is 18.0 Å². The van der Waals surface area contributed by atoms with Crippen molar-refractivity contribution >= 4 is 28.1 Å². The first-order valence-electron chi connectivity index (χ1n) is 9.75. The Morgan fingerprint density at radius 2 is 1.93 bits per heavy atom. The lowest BCUT2D eigenvalue weighted by molar-refractivity contribution is -0.119. The summed E-state index contributed by atoms with van der Waals surface area (Å²) in [7, 11) is 0. The van der Waals surface area contributed by atoms with Crippen molar-refractivity contribution in [2.45, 2.75) is 32.4 Å². The van der Waals surface area contributed by atoms with E-state index in [2.05, 4.69) is 23.0 Å². The molecule has 1 aromatic heterocycles. The van der Waals surface area contributed by atoms with E-state index < -0.39 is 0 Å². The number of anilines is 2. The number of aromatic nitrogens is 2. The molecule has 28 heavy (non-hydrogen) atoms. The lowest BCUT2D eigenvalue weighted by Crippen LogP contribution is -2.47. The van der Waals surface area contributed by atoms with Crippen LogP contribution in [0.4, 0.5) is 11.4 Å². The Bertz CT molecular complexity index is 1130. The Morgan fingerprint density at radius 3 is 2.75 bits per heavy atom. The highest BCUT2D eigenvalue weighted by Crippen LogP contribution is 2.42. The molecule has 6 nitrogen and oxygen atoms in total. The summed E-state index contributed by atoms with van der Waals surface area (Å²) >= 11 is 0. The van der Waals surface area contributed by atoms with Crippen LogP contribution in [-0.4, -0.2) is 34.8 Å².